The fourth-order valence-corrected chi connectivity index (χ4v) is 2.76. The zero-order valence-corrected chi connectivity index (χ0v) is 12.4. The molecule has 0 aliphatic heterocycles. The lowest BCUT2D eigenvalue weighted by molar-refractivity contribution is 0.372. The number of hydrogen-bond acceptors (Lipinski definition) is 3. The van der Waals surface area contributed by atoms with Crippen LogP contribution in [0.5, 0.6) is 0 Å². The first-order chi connectivity index (χ1) is 8.66. The molecule has 0 saturated heterocycles. The van der Waals surface area contributed by atoms with E-state index in [4.69, 9.17) is 21.6 Å². The second-order valence-electron chi connectivity index (χ2n) is 4.95. The lowest BCUT2D eigenvalue weighted by Gasteiger charge is -2.23. The third kappa shape index (κ3) is 4.97. The molecule has 1 aliphatic carbocycles. The second-order valence-corrected chi connectivity index (χ2v) is 5.35. The summed E-state index contributed by atoms with van der Waals surface area (Å²) in [6.07, 6.45) is 6.48. The quantitative estimate of drug-likeness (QED) is 0.744. The lowest BCUT2D eigenvalue weighted by atomic mass is 9.80. The van der Waals surface area contributed by atoms with Crippen molar-refractivity contribution in [3.63, 3.8) is 0 Å². The zero-order chi connectivity index (χ0) is 13.0. The van der Waals surface area contributed by atoms with Crippen molar-refractivity contribution in [2.75, 3.05) is 0 Å². The van der Waals surface area contributed by atoms with Gasteiger partial charge in [-0.1, -0.05) is 43.0 Å². The molecule has 0 unspecified atom stereocenters. The smallest absolute Gasteiger partial charge is 0.423 e. The Morgan fingerprint density at radius 1 is 1.21 bits per heavy atom. The molecule has 1 fully saturated rings. The van der Waals surface area contributed by atoms with Gasteiger partial charge >= 0.3 is 7.12 Å². The molecule has 1 saturated carbocycles. The van der Waals surface area contributed by atoms with Gasteiger partial charge in [0.15, 0.2) is 0 Å². The molecule has 6 heteroatoms. The SMILES string of the molecule is Cl.OB(O)c1ccc(CNC2CCCCC2)cc1Cl. The second kappa shape index (κ2) is 8.13. The molecule has 3 nitrogen and oxygen atoms in total. The minimum atomic E-state index is -1.50. The molecule has 1 aromatic rings. The molecular formula is C13H20BCl2NO2. The molecule has 3 N–H and O–H groups in total. The Labute approximate surface area is 125 Å². The van der Waals surface area contributed by atoms with Crippen molar-refractivity contribution in [2.24, 2.45) is 0 Å². The maximum atomic E-state index is 9.08. The van der Waals surface area contributed by atoms with Gasteiger partial charge in [0.05, 0.1) is 0 Å². The number of hydrogen-bond donors (Lipinski definition) is 3. The lowest BCUT2D eigenvalue weighted by Crippen LogP contribution is -2.32. The number of halogens is 2. The van der Waals surface area contributed by atoms with Gasteiger partial charge in [0.2, 0.25) is 0 Å². The van der Waals surface area contributed by atoms with Crippen LogP contribution in [-0.4, -0.2) is 23.2 Å². The molecule has 0 bridgehead atoms. The molecule has 0 atom stereocenters. The molecule has 2 rings (SSSR count). The maximum Gasteiger partial charge on any atom is 0.489 e. The van der Waals surface area contributed by atoms with Gasteiger partial charge in [-0.15, -0.1) is 12.4 Å². The van der Waals surface area contributed by atoms with E-state index in [1.807, 2.05) is 6.07 Å². The average molecular weight is 304 g/mol. The molecular weight excluding hydrogens is 284 g/mol. The summed E-state index contributed by atoms with van der Waals surface area (Å²) >= 11 is 6.00. The first-order valence-corrected chi connectivity index (χ1v) is 6.92. The summed E-state index contributed by atoms with van der Waals surface area (Å²) in [4.78, 5) is 0. The van der Waals surface area contributed by atoms with E-state index < -0.39 is 7.12 Å². The third-order valence-corrected chi connectivity index (χ3v) is 3.87. The van der Waals surface area contributed by atoms with Crippen LogP contribution in [0.4, 0.5) is 0 Å². The highest BCUT2D eigenvalue weighted by Crippen LogP contribution is 2.18. The molecule has 1 aromatic carbocycles. The van der Waals surface area contributed by atoms with Gasteiger partial charge in [-0.25, -0.2) is 0 Å². The Balaban J connectivity index is 0.00000180. The average Bonchev–Trinajstić information content (AvgIpc) is 2.37. The molecule has 0 spiro atoms. The van der Waals surface area contributed by atoms with Gasteiger partial charge in [0.1, 0.15) is 0 Å². The molecule has 0 heterocycles. The minimum absolute atomic E-state index is 0. The van der Waals surface area contributed by atoms with E-state index in [2.05, 4.69) is 5.32 Å². The first kappa shape index (κ1) is 16.8. The molecule has 0 aromatic heterocycles. The summed E-state index contributed by atoms with van der Waals surface area (Å²) < 4.78 is 0. The van der Waals surface area contributed by atoms with Crippen LogP contribution in [0.1, 0.15) is 37.7 Å². The van der Waals surface area contributed by atoms with Crippen LogP contribution in [0.15, 0.2) is 18.2 Å². The van der Waals surface area contributed by atoms with Crippen molar-refractivity contribution in [1.82, 2.24) is 5.32 Å². The summed E-state index contributed by atoms with van der Waals surface area (Å²) in [5.74, 6) is 0. The third-order valence-electron chi connectivity index (χ3n) is 3.54. The highest BCUT2D eigenvalue weighted by atomic mass is 35.5. The van der Waals surface area contributed by atoms with Crippen molar-refractivity contribution in [3.8, 4) is 0 Å². The van der Waals surface area contributed by atoms with E-state index in [-0.39, 0.29) is 12.4 Å². The zero-order valence-electron chi connectivity index (χ0n) is 10.8. The van der Waals surface area contributed by atoms with Crippen LogP contribution in [0.2, 0.25) is 5.02 Å². The maximum absolute atomic E-state index is 9.08. The van der Waals surface area contributed by atoms with Crippen LogP contribution in [0.25, 0.3) is 0 Å². The summed E-state index contributed by atoms with van der Waals surface area (Å²) in [5, 5.41) is 22.1. The summed E-state index contributed by atoms with van der Waals surface area (Å²) in [6, 6.07) is 5.97. The van der Waals surface area contributed by atoms with Gasteiger partial charge in [-0.05, 0) is 24.5 Å². The van der Waals surface area contributed by atoms with Crippen LogP contribution in [0.3, 0.4) is 0 Å². The minimum Gasteiger partial charge on any atom is -0.423 e. The highest BCUT2D eigenvalue weighted by molar-refractivity contribution is 6.62. The monoisotopic (exact) mass is 303 g/mol. The highest BCUT2D eigenvalue weighted by Gasteiger charge is 2.16. The molecule has 0 amide bonds. The predicted molar refractivity (Wildman–Crippen MR) is 82.2 cm³/mol. The van der Waals surface area contributed by atoms with E-state index in [1.54, 1.807) is 12.1 Å². The molecule has 0 radical (unpaired) electrons. The fraction of sp³-hybridized carbons (Fsp3) is 0.538. The van der Waals surface area contributed by atoms with Crippen LogP contribution in [-0.2, 0) is 6.54 Å². The number of nitrogens with one attached hydrogen (secondary N) is 1. The Bertz CT molecular complexity index is 398. The Kier molecular flexibility index (Phi) is 7.18. The van der Waals surface area contributed by atoms with Gasteiger partial charge < -0.3 is 15.4 Å². The van der Waals surface area contributed by atoms with Crippen LogP contribution >= 0.6 is 24.0 Å². The summed E-state index contributed by atoms with van der Waals surface area (Å²) in [5.41, 5.74) is 1.44. The van der Waals surface area contributed by atoms with Gasteiger partial charge in [-0.2, -0.15) is 0 Å². The first-order valence-electron chi connectivity index (χ1n) is 6.54. The molecule has 106 valence electrons. The van der Waals surface area contributed by atoms with Crippen LogP contribution < -0.4 is 10.8 Å². The van der Waals surface area contributed by atoms with E-state index in [1.165, 1.54) is 32.1 Å². The Hall–Kier alpha value is -0.255. The van der Waals surface area contributed by atoms with E-state index in [0.717, 1.165) is 12.1 Å². The Morgan fingerprint density at radius 2 is 1.89 bits per heavy atom. The molecule has 19 heavy (non-hydrogen) atoms. The topological polar surface area (TPSA) is 52.5 Å². The Morgan fingerprint density at radius 3 is 2.47 bits per heavy atom. The van der Waals surface area contributed by atoms with Gasteiger partial charge in [0.25, 0.3) is 0 Å². The fourth-order valence-electron chi connectivity index (χ4n) is 2.46. The standard InChI is InChI=1S/C13H19BClNO2.ClH/c15-13-8-10(6-7-12(13)14(17)18)9-16-11-4-2-1-3-5-11;/h6-8,11,16-18H,1-5,9H2;1H. The molecule has 1 aliphatic rings. The number of benzene rings is 1. The van der Waals surface area contributed by atoms with Crippen molar-refractivity contribution >= 4 is 36.6 Å². The van der Waals surface area contributed by atoms with Crippen molar-refractivity contribution < 1.29 is 10.0 Å². The van der Waals surface area contributed by atoms with Crippen LogP contribution in [0, 0.1) is 0 Å². The summed E-state index contributed by atoms with van der Waals surface area (Å²) in [6.45, 7) is 0.784. The van der Waals surface area contributed by atoms with Crippen molar-refractivity contribution in [3.05, 3.63) is 28.8 Å². The largest absolute Gasteiger partial charge is 0.489 e. The normalized spacial score (nSPS) is 15.9. The van der Waals surface area contributed by atoms with Gasteiger partial charge in [-0.3, -0.25) is 0 Å². The van der Waals surface area contributed by atoms with E-state index >= 15 is 0 Å². The van der Waals surface area contributed by atoms with E-state index in [9.17, 15) is 0 Å². The number of rotatable bonds is 4. The van der Waals surface area contributed by atoms with Crippen molar-refractivity contribution in [2.45, 2.75) is 44.7 Å². The predicted octanol–water partition coefficient (Wildman–Crippen LogP) is 1.86. The van der Waals surface area contributed by atoms with Crippen molar-refractivity contribution in [1.29, 1.82) is 0 Å². The van der Waals surface area contributed by atoms with E-state index in [0.29, 0.717) is 16.5 Å². The van der Waals surface area contributed by atoms with Gasteiger partial charge in [0, 0.05) is 23.1 Å². The summed E-state index contributed by atoms with van der Waals surface area (Å²) in [7, 11) is -1.50.